The van der Waals surface area contributed by atoms with E-state index in [1.807, 2.05) is 0 Å². The van der Waals surface area contributed by atoms with Crippen LogP contribution in [-0.2, 0) is 17.8 Å². The number of H-pyrrole nitrogens is 1. The lowest BCUT2D eigenvalue weighted by atomic mass is 9.92. The lowest BCUT2D eigenvalue weighted by Gasteiger charge is -2.51. The van der Waals surface area contributed by atoms with Crippen molar-refractivity contribution in [2.24, 2.45) is 0 Å². The fourth-order valence-electron chi connectivity index (χ4n) is 4.64. The summed E-state index contributed by atoms with van der Waals surface area (Å²) in [6.45, 7) is 8.79. The number of imidazole rings is 1. The predicted molar refractivity (Wildman–Crippen MR) is 128 cm³/mol. The first kappa shape index (κ1) is 21.9. The Morgan fingerprint density at radius 1 is 1.18 bits per heavy atom. The molecule has 2 aliphatic rings. The van der Waals surface area contributed by atoms with Gasteiger partial charge in [0.2, 0.25) is 5.95 Å². The number of morpholine rings is 1. The maximum Gasteiger partial charge on any atom is 0.328 e. The Labute approximate surface area is 192 Å². The van der Waals surface area contributed by atoms with Crippen LogP contribution in [0.2, 0.25) is 0 Å². The van der Waals surface area contributed by atoms with Crippen LogP contribution >= 0.6 is 0 Å². The van der Waals surface area contributed by atoms with E-state index in [2.05, 4.69) is 61.7 Å². The number of aromatic amines is 1. The summed E-state index contributed by atoms with van der Waals surface area (Å²) in [5.41, 5.74) is 9.11. The first-order valence-electron chi connectivity index (χ1n) is 11.7. The number of fused-ring (bicyclic) bond motifs is 1. The number of nitrogens with one attached hydrogen (secondary N) is 3. The van der Waals surface area contributed by atoms with E-state index in [0.29, 0.717) is 23.7 Å². The van der Waals surface area contributed by atoms with Crippen LogP contribution in [-0.4, -0.2) is 69.4 Å². The van der Waals surface area contributed by atoms with Gasteiger partial charge in [0.25, 0.3) is 0 Å². The van der Waals surface area contributed by atoms with Crippen molar-refractivity contribution in [2.75, 3.05) is 50.4 Å². The molecule has 4 heterocycles. The van der Waals surface area contributed by atoms with Crippen molar-refractivity contribution in [1.82, 2.24) is 29.7 Å². The number of ether oxygens (including phenoxy) is 1. The molecule has 2 fully saturated rings. The number of nitrogens with zero attached hydrogens (tertiary/aromatic N) is 4. The van der Waals surface area contributed by atoms with Gasteiger partial charge < -0.3 is 26.1 Å². The third-order valence-electron chi connectivity index (χ3n) is 6.39. The SMILES string of the molecule is CCCCNc1nc(N)c2[nH]c(=O)n(Cc3ccc(CN4CC5(CNCCO5)C4)cc3)c2n1. The molecule has 0 amide bonds. The summed E-state index contributed by atoms with van der Waals surface area (Å²) in [7, 11) is 0. The van der Waals surface area contributed by atoms with E-state index in [0.717, 1.165) is 64.3 Å². The second-order valence-corrected chi connectivity index (χ2v) is 9.10. The van der Waals surface area contributed by atoms with Crippen molar-refractivity contribution in [1.29, 1.82) is 0 Å². The fourth-order valence-corrected chi connectivity index (χ4v) is 4.64. The highest BCUT2D eigenvalue weighted by Gasteiger charge is 2.44. The van der Waals surface area contributed by atoms with Crippen LogP contribution in [0, 0.1) is 0 Å². The van der Waals surface area contributed by atoms with Crippen LogP contribution in [0.3, 0.4) is 0 Å². The first-order valence-corrected chi connectivity index (χ1v) is 11.7. The van der Waals surface area contributed by atoms with Gasteiger partial charge in [-0.2, -0.15) is 9.97 Å². The first-order chi connectivity index (χ1) is 16.0. The Bertz CT molecular complexity index is 1160. The van der Waals surface area contributed by atoms with Crippen LogP contribution in [0.25, 0.3) is 11.2 Å². The molecule has 0 aliphatic carbocycles. The molecule has 1 aromatic carbocycles. The molecular formula is C23H32N8O2. The van der Waals surface area contributed by atoms with E-state index < -0.39 is 0 Å². The minimum atomic E-state index is -0.243. The molecule has 5 rings (SSSR count). The van der Waals surface area contributed by atoms with E-state index in [-0.39, 0.29) is 17.1 Å². The quantitative estimate of drug-likeness (QED) is 0.375. The fraction of sp³-hybridized carbons (Fsp3) is 0.522. The molecule has 3 aromatic rings. The molecule has 0 atom stereocenters. The molecule has 0 bridgehead atoms. The van der Waals surface area contributed by atoms with Crippen LogP contribution in [0.15, 0.2) is 29.1 Å². The van der Waals surface area contributed by atoms with Crippen molar-refractivity contribution < 1.29 is 4.74 Å². The molecule has 2 aliphatic heterocycles. The summed E-state index contributed by atoms with van der Waals surface area (Å²) in [5.74, 6) is 0.718. The van der Waals surface area contributed by atoms with Gasteiger partial charge in [0.05, 0.1) is 13.2 Å². The number of hydrogen-bond donors (Lipinski definition) is 4. The summed E-state index contributed by atoms with van der Waals surface area (Å²) in [6.07, 6.45) is 2.08. The molecule has 10 nitrogen and oxygen atoms in total. The van der Waals surface area contributed by atoms with E-state index >= 15 is 0 Å². The number of unbranched alkanes of at least 4 members (excludes halogenated alkanes) is 1. The summed E-state index contributed by atoms with van der Waals surface area (Å²) < 4.78 is 7.59. The summed E-state index contributed by atoms with van der Waals surface area (Å²) >= 11 is 0. The number of rotatable bonds is 8. The van der Waals surface area contributed by atoms with Gasteiger partial charge in [-0.25, -0.2) is 4.79 Å². The Morgan fingerprint density at radius 3 is 2.64 bits per heavy atom. The van der Waals surface area contributed by atoms with E-state index in [1.165, 1.54) is 5.56 Å². The normalized spacial score (nSPS) is 18.0. The number of likely N-dealkylation sites (tertiary alicyclic amines) is 1. The zero-order chi connectivity index (χ0) is 22.8. The zero-order valence-electron chi connectivity index (χ0n) is 19.1. The van der Waals surface area contributed by atoms with Gasteiger partial charge in [-0.1, -0.05) is 37.6 Å². The maximum atomic E-state index is 12.6. The van der Waals surface area contributed by atoms with Crippen molar-refractivity contribution >= 4 is 22.9 Å². The van der Waals surface area contributed by atoms with Gasteiger partial charge in [-0.3, -0.25) is 9.47 Å². The third kappa shape index (κ3) is 4.59. The summed E-state index contributed by atoms with van der Waals surface area (Å²) in [5, 5.41) is 6.61. The second-order valence-electron chi connectivity index (χ2n) is 9.10. The van der Waals surface area contributed by atoms with Crippen molar-refractivity contribution in [2.45, 2.75) is 38.5 Å². The Morgan fingerprint density at radius 2 is 1.94 bits per heavy atom. The van der Waals surface area contributed by atoms with Gasteiger partial charge in [0, 0.05) is 39.3 Å². The van der Waals surface area contributed by atoms with Gasteiger partial charge in [0.1, 0.15) is 11.1 Å². The molecule has 1 spiro atoms. The van der Waals surface area contributed by atoms with Crippen LogP contribution in [0.4, 0.5) is 11.8 Å². The molecule has 0 saturated carbocycles. The lowest BCUT2D eigenvalue weighted by Crippen LogP contribution is -2.69. The lowest BCUT2D eigenvalue weighted by molar-refractivity contribution is -0.158. The highest BCUT2D eigenvalue weighted by atomic mass is 16.5. The molecule has 176 valence electrons. The van der Waals surface area contributed by atoms with Gasteiger partial charge in [-0.15, -0.1) is 0 Å². The maximum absolute atomic E-state index is 12.6. The number of anilines is 2. The Hall–Kier alpha value is -2.95. The van der Waals surface area contributed by atoms with Crippen LogP contribution < -0.4 is 22.1 Å². The number of hydrogen-bond acceptors (Lipinski definition) is 8. The van der Waals surface area contributed by atoms with Crippen molar-refractivity contribution in [3.8, 4) is 0 Å². The third-order valence-corrected chi connectivity index (χ3v) is 6.39. The standard InChI is InChI=1S/C23H32N8O2/c1-2-3-8-26-21-28-19(24)18-20(29-21)31(22(32)27-18)12-17-6-4-16(5-7-17)11-30-14-23(15-30)13-25-9-10-33-23/h4-7,25H,2-3,8-15H2,1H3,(H,27,32)(H3,24,26,28,29). The average Bonchev–Trinajstić information content (AvgIpc) is 3.11. The van der Waals surface area contributed by atoms with Crippen LogP contribution in [0.1, 0.15) is 30.9 Å². The van der Waals surface area contributed by atoms with E-state index in [9.17, 15) is 4.79 Å². The molecule has 0 radical (unpaired) electrons. The number of nitrogen functional groups attached to an aromatic ring is 1. The van der Waals surface area contributed by atoms with Crippen LogP contribution in [0.5, 0.6) is 0 Å². The molecule has 5 N–H and O–H groups in total. The summed E-state index contributed by atoms with van der Waals surface area (Å²) in [4.78, 5) is 26.6. The Balaban J connectivity index is 1.26. The number of aromatic nitrogens is 4. The van der Waals surface area contributed by atoms with E-state index in [1.54, 1.807) is 4.57 Å². The smallest absolute Gasteiger partial charge is 0.328 e. The molecule has 2 saturated heterocycles. The predicted octanol–water partition coefficient (Wildman–Crippen LogP) is 1.14. The average molecular weight is 453 g/mol. The van der Waals surface area contributed by atoms with E-state index in [4.69, 9.17) is 10.5 Å². The zero-order valence-corrected chi connectivity index (χ0v) is 19.1. The highest BCUT2D eigenvalue weighted by Crippen LogP contribution is 2.28. The largest absolute Gasteiger partial charge is 0.382 e. The monoisotopic (exact) mass is 452 g/mol. The number of benzene rings is 1. The molecular weight excluding hydrogens is 420 g/mol. The van der Waals surface area contributed by atoms with Gasteiger partial charge in [0.15, 0.2) is 11.5 Å². The Kier molecular flexibility index (Phi) is 6.05. The summed E-state index contributed by atoms with van der Waals surface area (Å²) in [6, 6.07) is 8.39. The molecule has 0 unspecified atom stereocenters. The van der Waals surface area contributed by atoms with Crippen molar-refractivity contribution in [3.05, 3.63) is 45.9 Å². The van der Waals surface area contributed by atoms with Gasteiger partial charge >= 0.3 is 5.69 Å². The van der Waals surface area contributed by atoms with Crippen molar-refractivity contribution in [3.63, 3.8) is 0 Å². The molecule has 33 heavy (non-hydrogen) atoms. The molecule has 2 aromatic heterocycles. The second kappa shape index (κ2) is 9.12. The topological polar surface area (TPSA) is 126 Å². The minimum absolute atomic E-state index is 0.00263. The number of nitrogens with two attached hydrogens (primary N) is 1. The highest BCUT2D eigenvalue weighted by molar-refractivity contribution is 5.82. The molecule has 10 heteroatoms. The minimum Gasteiger partial charge on any atom is -0.382 e. The van der Waals surface area contributed by atoms with Gasteiger partial charge in [-0.05, 0) is 17.5 Å².